The molecule has 1 aliphatic carbocycles. The molecule has 0 aliphatic heterocycles. The molecule has 2 heteroatoms. The van der Waals surface area contributed by atoms with E-state index in [1.54, 1.807) is 0 Å². The average Bonchev–Trinajstić information content (AvgIpc) is 2.56. The summed E-state index contributed by atoms with van der Waals surface area (Å²) in [5.41, 5.74) is 0.410. The van der Waals surface area contributed by atoms with Crippen molar-refractivity contribution < 1.29 is 9.53 Å². The number of hydrogen-bond acceptors (Lipinski definition) is 2. The highest BCUT2D eigenvalue weighted by molar-refractivity contribution is 5.77. The summed E-state index contributed by atoms with van der Waals surface area (Å²) in [5.74, 6) is -0.0115. The number of rotatable bonds is 6. The largest absolute Gasteiger partial charge is 0.454 e. The minimum absolute atomic E-state index is 0.0115. The highest BCUT2D eigenvalue weighted by atomic mass is 16.6. The van der Waals surface area contributed by atoms with Gasteiger partial charge in [-0.1, -0.05) is 57.0 Å². The quantitative estimate of drug-likeness (QED) is 0.639. The van der Waals surface area contributed by atoms with E-state index in [9.17, 15) is 4.79 Å². The van der Waals surface area contributed by atoms with Crippen LogP contribution in [0.1, 0.15) is 77.7 Å². The predicted molar refractivity (Wildman–Crippen MR) is 90.6 cm³/mol. The van der Waals surface area contributed by atoms with Gasteiger partial charge >= 0.3 is 5.97 Å². The molecule has 0 N–H and O–H groups in total. The van der Waals surface area contributed by atoms with Crippen LogP contribution in [0.5, 0.6) is 0 Å². The second kappa shape index (κ2) is 7.30. The van der Waals surface area contributed by atoms with E-state index in [2.05, 4.69) is 32.9 Å². The summed E-state index contributed by atoms with van der Waals surface area (Å²) in [6.45, 7) is 6.28. The highest BCUT2D eigenvalue weighted by Crippen LogP contribution is 2.43. The first-order valence-corrected chi connectivity index (χ1v) is 8.85. The Labute approximate surface area is 135 Å². The molecule has 1 saturated carbocycles. The Balaban J connectivity index is 2.26. The van der Waals surface area contributed by atoms with Crippen LogP contribution >= 0.6 is 0 Å². The molecule has 0 bridgehead atoms. The van der Waals surface area contributed by atoms with Gasteiger partial charge in [0.2, 0.25) is 0 Å². The maximum Gasteiger partial charge on any atom is 0.312 e. The van der Waals surface area contributed by atoms with Gasteiger partial charge in [-0.25, -0.2) is 0 Å². The fourth-order valence-corrected chi connectivity index (χ4v) is 3.59. The van der Waals surface area contributed by atoms with E-state index in [1.165, 1.54) is 6.42 Å². The molecule has 0 amide bonds. The summed E-state index contributed by atoms with van der Waals surface area (Å²) in [7, 11) is 0. The lowest BCUT2D eigenvalue weighted by Crippen LogP contribution is -2.40. The molecule has 1 atom stereocenters. The summed E-state index contributed by atoms with van der Waals surface area (Å²) < 4.78 is 6.23. The molecule has 1 aromatic rings. The maximum atomic E-state index is 12.9. The van der Waals surface area contributed by atoms with Crippen molar-refractivity contribution in [2.45, 2.75) is 77.7 Å². The van der Waals surface area contributed by atoms with Gasteiger partial charge in [-0.15, -0.1) is 0 Å². The number of carbonyl (C=O) groups is 1. The highest BCUT2D eigenvalue weighted by Gasteiger charge is 2.42. The van der Waals surface area contributed by atoms with Crippen LogP contribution in [0, 0.1) is 5.41 Å². The molecule has 1 aromatic carbocycles. The van der Waals surface area contributed by atoms with Gasteiger partial charge < -0.3 is 4.74 Å². The first kappa shape index (κ1) is 17.1. The molecule has 0 aromatic heterocycles. The molecule has 1 unspecified atom stereocenters. The first-order valence-electron chi connectivity index (χ1n) is 8.85. The van der Waals surface area contributed by atoms with Crippen molar-refractivity contribution in [1.29, 1.82) is 0 Å². The van der Waals surface area contributed by atoms with Gasteiger partial charge in [0.15, 0.2) is 0 Å². The standard InChI is InChI=1S/C20H30O2/c1-4-14-19(3,5-2)18(21)22-20(15-10-7-11-16-20)17-12-8-6-9-13-17/h6,8-9,12-13H,4-5,7,10-11,14-16H2,1-3H3. The Bertz CT molecular complexity index is 474. The molecule has 0 radical (unpaired) electrons. The van der Waals surface area contributed by atoms with Gasteiger partial charge in [0.25, 0.3) is 0 Å². The minimum atomic E-state index is -0.402. The van der Waals surface area contributed by atoms with E-state index < -0.39 is 5.60 Å². The molecule has 2 nitrogen and oxygen atoms in total. The Kier molecular flexibility index (Phi) is 5.66. The molecule has 2 rings (SSSR count). The van der Waals surface area contributed by atoms with Crippen LogP contribution in [-0.2, 0) is 15.1 Å². The van der Waals surface area contributed by atoms with Crippen LogP contribution in [0.4, 0.5) is 0 Å². The minimum Gasteiger partial charge on any atom is -0.454 e. The van der Waals surface area contributed by atoms with Crippen LogP contribution in [0.3, 0.4) is 0 Å². The fraction of sp³-hybridized carbons (Fsp3) is 0.650. The van der Waals surface area contributed by atoms with Gasteiger partial charge in [-0.05, 0) is 51.0 Å². The molecular weight excluding hydrogens is 272 g/mol. The molecule has 1 fully saturated rings. The van der Waals surface area contributed by atoms with Crippen molar-refractivity contribution in [2.24, 2.45) is 5.41 Å². The van der Waals surface area contributed by atoms with E-state index >= 15 is 0 Å². The molecule has 0 spiro atoms. The van der Waals surface area contributed by atoms with Crippen molar-refractivity contribution in [3.05, 3.63) is 35.9 Å². The third kappa shape index (κ3) is 3.53. The lowest BCUT2D eigenvalue weighted by atomic mass is 9.78. The zero-order valence-electron chi connectivity index (χ0n) is 14.4. The molecule has 22 heavy (non-hydrogen) atoms. The average molecular weight is 302 g/mol. The first-order chi connectivity index (χ1) is 10.6. The SMILES string of the molecule is CCCC(C)(CC)C(=O)OC1(c2ccccc2)CCCCC1. The Morgan fingerprint density at radius 2 is 1.77 bits per heavy atom. The van der Waals surface area contributed by atoms with Gasteiger partial charge in [-0.2, -0.15) is 0 Å². The monoisotopic (exact) mass is 302 g/mol. The Morgan fingerprint density at radius 1 is 1.14 bits per heavy atom. The van der Waals surface area contributed by atoms with Crippen molar-refractivity contribution in [1.82, 2.24) is 0 Å². The summed E-state index contributed by atoms with van der Waals surface area (Å²) in [6.07, 6.45) is 8.17. The molecule has 0 saturated heterocycles. The molecule has 0 heterocycles. The van der Waals surface area contributed by atoms with E-state index in [0.29, 0.717) is 0 Å². The van der Waals surface area contributed by atoms with E-state index in [1.807, 2.05) is 18.2 Å². The molecule has 122 valence electrons. The summed E-state index contributed by atoms with van der Waals surface area (Å²) in [5, 5.41) is 0. The van der Waals surface area contributed by atoms with Crippen molar-refractivity contribution >= 4 is 5.97 Å². The van der Waals surface area contributed by atoms with Crippen LogP contribution in [0.15, 0.2) is 30.3 Å². The third-order valence-electron chi connectivity index (χ3n) is 5.32. The molecule has 1 aliphatic rings. The fourth-order valence-electron chi connectivity index (χ4n) is 3.59. The number of benzene rings is 1. The second-order valence-corrected chi connectivity index (χ2v) is 6.97. The van der Waals surface area contributed by atoms with Gasteiger partial charge in [-0.3, -0.25) is 4.79 Å². The van der Waals surface area contributed by atoms with E-state index in [4.69, 9.17) is 4.74 Å². The third-order valence-corrected chi connectivity index (χ3v) is 5.32. The lowest BCUT2D eigenvalue weighted by molar-refractivity contribution is -0.177. The second-order valence-electron chi connectivity index (χ2n) is 6.97. The van der Waals surface area contributed by atoms with Crippen LogP contribution in [0.2, 0.25) is 0 Å². The van der Waals surface area contributed by atoms with E-state index in [-0.39, 0.29) is 11.4 Å². The van der Waals surface area contributed by atoms with Crippen molar-refractivity contribution in [3.63, 3.8) is 0 Å². The summed E-state index contributed by atoms with van der Waals surface area (Å²) in [4.78, 5) is 12.9. The number of hydrogen-bond donors (Lipinski definition) is 0. The molecular formula is C20H30O2. The van der Waals surface area contributed by atoms with Crippen LogP contribution in [-0.4, -0.2) is 5.97 Å². The van der Waals surface area contributed by atoms with Crippen LogP contribution < -0.4 is 0 Å². The number of esters is 1. The maximum absolute atomic E-state index is 12.9. The zero-order chi connectivity index (χ0) is 16.1. The Morgan fingerprint density at radius 3 is 2.32 bits per heavy atom. The van der Waals surface area contributed by atoms with Crippen molar-refractivity contribution in [3.8, 4) is 0 Å². The van der Waals surface area contributed by atoms with Gasteiger partial charge in [0.05, 0.1) is 5.41 Å². The predicted octanol–water partition coefficient (Wildman–Crippen LogP) is 5.61. The Hall–Kier alpha value is -1.31. The number of ether oxygens (including phenoxy) is 1. The summed E-state index contributed by atoms with van der Waals surface area (Å²) in [6, 6.07) is 10.3. The lowest BCUT2D eigenvalue weighted by Gasteiger charge is -2.40. The van der Waals surface area contributed by atoms with Gasteiger partial charge in [0.1, 0.15) is 5.60 Å². The van der Waals surface area contributed by atoms with Crippen LogP contribution in [0.25, 0.3) is 0 Å². The number of carbonyl (C=O) groups excluding carboxylic acids is 1. The van der Waals surface area contributed by atoms with E-state index in [0.717, 1.165) is 50.5 Å². The summed E-state index contributed by atoms with van der Waals surface area (Å²) >= 11 is 0. The topological polar surface area (TPSA) is 26.3 Å². The van der Waals surface area contributed by atoms with Crippen molar-refractivity contribution in [2.75, 3.05) is 0 Å². The zero-order valence-corrected chi connectivity index (χ0v) is 14.4. The normalized spacial score (nSPS) is 20.1. The van der Waals surface area contributed by atoms with Gasteiger partial charge in [0, 0.05) is 0 Å². The smallest absolute Gasteiger partial charge is 0.312 e.